The Hall–Kier alpha value is -2.34. The minimum Gasteiger partial charge on any atom is -0.495 e. The van der Waals surface area contributed by atoms with Crippen LogP contribution in [0.4, 0.5) is 5.69 Å². The fourth-order valence-electron chi connectivity index (χ4n) is 1.77. The summed E-state index contributed by atoms with van der Waals surface area (Å²) in [6, 6.07) is 13.8. The van der Waals surface area contributed by atoms with Crippen LogP contribution in [-0.4, -0.2) is 25.6 Å². The molecule has 0 unspecified atom stereocenters. The summed E-state index contributed by atoms with van der Waals surface area (Å²) < 4.78 is 10.7. The number of carbonyl (C=O) groups is 2. The minimum atomic E-state index is -0.567. The van der Waals surface area contributed by atoms with Crippen molar-refractivity contribution in [3.8, 4) is 5.75 Å². The van der Waals surface area contributed by atoms with Crippen molar-refractivity contribution < 1.29 is 19.1 Å². The molecule has 0 radical (unpaired) electrons. The summed E-state index contributed by atoms with van der Waals surface area (Å²) >= 11 is 3.26. The molecule has 0 aliphatic heterocycles. The molecular formula is C16H14BrNO4. The van der Waals surface area contributed by atoms with Crippen molar-refractivity contribution >= 4 is 33.5 Å². The molecule has 6 heteroatoms. The van der Waals surface area contributed by atoms with Gasteiger partial charge in [-0.3, -0.25) is 4.79 Å². The molecule has 0 saturated heterocycles. The molecule has 0 fully saturated rings. The lowest BCUT2D eigenvalue weighted by Crippen LogP contribution is -2.21. The Labute approximate surface area is 136 Å². The van der Waals surface area contributed by atoms with E-state index in [1.54, 1.807) is 48.5 Å². The van der Waals surface area contributed by atoms with Crippen molar-refractivity contribution in [3.63, 3.8) is 0 Å². The predicted molar refractivity (Wildman–Crippen MR) is 86.0 cm³/mol. The van der Waals surface area contributed by atoms with Crippen molar-refractivity contribution in [1.29, 1.82) is 0 Å². The van der Waals surface area contributed by atoms with Crippen molar-refractivity contribution in [1.82, 2.24) is 0 Å². The van der Waals surface area contributed by atoms with Gasteiger partial charge in [-0.25, -0.2) is 4.79 Å². The lowest BCUT2D eigenvalue weighted by Gasteiger charge is -2.10. The number of esters is 1. The first-order valence-corrected chi connectivity index (χ1v) is 7.25. The number of ether oxygens (including phenoxy) is 2. The molecule has 2 aromatic rings. The second kappa shape index (κ2) is 7.61. The van der Waals surface area contributed by atoms with E-state index in [4.69, 9.17) is 9.47 Å². The average molecular weight is 364 g/mol. The molecule has 0 aromatic heterocycles. The van der Waals surface area contributed by atoms with Gasteiger partial charge in [0.25, 0.3) is 5.91 Å². The summed E-state index contributed by atoms with van der Waals surface area (Å²) in [6.45, 7) is -0.377. The number of methoxy groups -OCH3 is 1. The first-order valence-electron chi connectivity index (χ1n) is 6.46. The minimum absolute atomic E-state index is 0.368. The lowest BCUT2D eigenvalue weighted by molar-refractivity contribution is -0.119. The summed E-state index contributed by atoms with van der Waals surface area (Å²) in [6.07, 6.45) is 0. The Morgan fingerprint density at radius 2 is 1.77 bits per heavy atom. The van der Waals surface area contributed by atoms with Gasteiger partial charge in [-0.05, 0) is 40.2 Å². The van der Waals surface area contributed by atoms with Gasteiger partial charge in [0.1, 0.15) is 5.75 Å². The molecule has 1 amide bonds. The number of hydrogen-bond acceptors (Lipinski definition) is 4. The van der Waals surface area contributed by atoms with Crippen LogP contribution in [-0.2, 0) is 9.53 Å². The maximum absolute atomic E-state index is 11.9. The third-order valence-electron chi connectivity index (χ3n) is 2.81. The fraction of sp³-hybridized carbons (Fsp3) is 0.125. The molecule has 1 N–H and O–H groups in total. The molecule has 0 spiro atoms. The zero-order valence-corrected chi connectivity index (χ0v) is 13.4. The number of carbonyl (C=O) groups excluding carboxylic acids is 2. The monoisotopic (exact) mass is 363 g/mol. The van der Waals surface area contributed by atoms with Gasteiger partial charge in [-0.2, -0.15) is 0 Å². The Morgan fingerprint density at radius 3 is 2.50 bits per heavy atom. The smallest absolute Gasteiger partial charge is 0.339 e. The summed E-state index contributed by atoms with van der Waals surface area (Å²) in [5.41, 5.74) is 0.888. The van der Waals surface area contributed by atoms with E-state index in [1.807, 2.05) is 0 Å². The average Bonchev–Trinajstić information content (AvgIpc) is 2.53. The van der Waals surface area contributed by atoms with Crippen LogP contribution in [0.5, 0.6) is 5.75 Å². The maximum Gasteiger partial charge on any atom is 0.339 e. The zero-order valence-electron chi connectivity index (χ0n) is 11.8. The maximum atomic E-state index is 11.9. The third-order valence-corrected chi connectivity index (χ3v) is 3.50. The Morgan fingerprint density at radius 1 is 1.09 bits per heavy atom. The zero-order chi connectivity index (χ0) is 15.9. The normalized spacial score (nSPS) is 9.91. The van der Waals surface area contributed by atoms with E-state index in [2.05, 4.69) is 21.2 Å². The molecule has 0 bridgehead atoms. The van der Waals surface area contributed by atoms with Crippen LogP contribution < -0.4 is 10.1 Å². The van der Waals surface area contributed by atoms with Crippen LogP contribution >= 0.6 is 15.9 Å². The number of para-hydroxylation sites is 2. The lowest BCUT2D eigenvalue weighted by atomic mass is 10.2. The quantitative estimate of drug-likeness (QED) is 0.828. The number of halogens is 1. The summed E-state index contributed by atoms with van der Waals surface area (Å²) in [7, 11) is 1.51. The Kier molecular flexibility index (Phi) is 5.55. The van der Waals surface area contributed by atoms with Gasteiger partial charge >= 0.3 is 5.97 Å². The van der Waals surface area contributed by atoms with Gasteiger partial charge in [0.05, 0.1) is 18.4 Å². The molecule has 2 aromatic carbocycles. The highest BCUT2D eigenvalue weighted by Crippen LogP contribution is 2.23. The summed E-state index contributed by atoms with van der Waals surface area (Å²) in [5.74, 6) is -0.472. The van der Waals surface area contributed by atoms with Crippen molar-refractivity contribution in [3.05, 3.63) is 58.6 Å². The topological polar surface area (TPSA) is 64.6 Å². The van der Waals surface area contributed by atoms with Crippen LogP contribution in [0.25, 0.3) is 0 Å². The second-order valence-electron chi connectivity index (χ2n) is 4.30. The highest BCUT2D eigenvalue weighted by atomic mass is 79.9. The van der Waals surface area contributed by atoms with Crippen LogP contribution in [0.3, 0.4) is 0 Å². The molecule has 2 rings (SSSR count). The largest absolute Gasteiger partial charge is 0.495 e. The molecule has 0 aliphatic carbocycles. The van der Waals surface area contributed by atoms with E-state index >= 15 is 0 Å². The van der Waals surface area contributed by atoms with Crippen molar-refractivity contribution in [2.24, 2.45) is 0 Å². The standard InChI is InChI=1S/C16H14BrNO4/c1-21-14-9-5-4-8-13(14)18-15(19)10-22-16(20)11-6-2-3-7-12(11)17/h2-9H,10H2,1H3,(H,18,19). The Balaban J connectivity index is 1.93. The van der Waals surface area contributed by atoms with Gasteiger partial charge in [0.15, 0.2) is 6.61 Å². The molecule has 22 heavy (non-hydrogen) atoms. The fourth-order valence-corrected chi connectivity index (χ4v) is 2.22. The molecule has 0 aliphatic rings. The molecule has 0 saturated carbocycles. The highest BCUT2D eigenvalue weighted by Gasteiger charge is 2.13. The highest BCUT2D eigenvalue weighted by molar-refractivity contribution is 9.10. The molecule has 114 valence electrons. The molecular weight excluding hydrogens is 350 g/mol. The van der Waals surface area contributed by atoms with E-state index in [0.29, 0.717) is 21.5 Å². The predicted octanol–water partition coefficient (Wildman–Crippen LogP) is 3.25. The molecule has 5 nitrogen and oxygen atoms in total. The Bertz CT molecular complexity index is 687. The van der Waals surface area contributed by atoms with Gasteiger partial charge in [0, 0.05) is 4.47 Å². The summed E-state index contributed by atoms with van der Waals surface area (Å²) in [4.78, 5) is 23.7. The number of benzene rings is 2. The van der Waals surface area contributed by atoms with Crippen LogP contribution in [0.1, 0.15) is 10.4 Å². The number of amides is 1. The number of hydrogen-bond donors (Lipinski definition) is 1. The SMILES string of the molecule is COc1ccccc1NC(=O)COC(=O)c1ccccc1Br. The van der Waals surface area contributed by atoms with Crippen LogP contribution in [0.15, 0.2) is 53.0 Å². The van der Waals surface area contributed by atoms with Crippen molar-refractivity contribution in [2.75, 3.05) is 19.0 Å². The molecule has 0 atom stereocenters. The van der Waals surface area contributed by atoms with Gasteiger partial charge in [0.2, 0.25) is 0 Å². The van der Waals surface area contributed by atoms with E-state index in [0.717, 1.165) is 0 Å². The second-order valence-corrected chi connectivity index (χ2v) is 5.16. The molecule has 0 heterocycles. The van der Waals surface area contributed by atoms with Gasteiger partial charge < -0.3 is 14.8 Å². The number of anilines is 1. The van der Waals surface area contributed by atoms with E-state index < -0.39 is 11.9 Å². The van der Waals surface area contributed by atoms with E-state index in [1.165, 1.54) is 7.11 Å². The van der Waals surface area contributed by atoms with Gasteiger partial charge in [-0.1, -0.05) is 24.3 Å². The summed E-state index contributed by atoms with van der Waals surface area (Å²) in [5, 5.41) is 2.63. The van der Waals surface area contributed by atoms with Gasteiger partial charge in [-0.15, -0.1) is 0 Å². The third kappa shape index (κ3) is 4.08. The van der Waals surface area contributed by atoms with Crippen molar-refractivity contribution in [2.45, 2.75) is 0 Å². The van der Waals surface area contributed by atoms with E-state index in [9.17, 15) is 9.59 Å². The first kappa shape index (κ1) is 16.0. The van der Waals surface area contributed by atoms with E-state index in [-0.39, 0.29) is 6.61 Å². The number of nitrogens with one attached hydrogen (secondary N) is 1. The van der Waals surface area contributed by atoms with Crippen LogP contribution in [0, 0.1) is 0 Å². The number of rotatable bonds is 5. The first-order chi connectivity index (χ1) is 10.6. The van der Waals surface area contributed by atoms with Crippen LogP contribution in [0.2, 0.25) is 0 Å².